The lowest BCUT2D eigenvalue weighted by atomic mass is 10.1. The van der Waals surface area contributed by atoms with Crippen LogP contribution in [0.2, 0.25) is 0 Å². The average molecular weight is 548 g/mol. The lowest BCUT2D eigenvalue weighted by Gasteiger charge is -2.19. The Morgan fingerprint density at radius 2 is 1.77 bits per heavy atom. The van der Waals surface area contributed by atoms with Crippen LogP contribution in [0.1, 0.15) is 68.7 Å². The van der Waals surface area contributed by atoms with Gasteiger partial charge in [0, 0.05) is 24.4 Å². The van der Waals surface area contributed by atoms with Gasteiger partial charge in [-0.1, -0.05) is 6.92 Å². The van der Waals surface area contributed by atoms with Crippen LogP contribution < -0.4 is 10.9 Å². The molecule has 12 nitrogen and oxygen atoms in total. The van der Waals surface area contributed by atoms with Gasteiger partial charge in [0.25, 0.3) is 5.56 Å². The minimum Gasteiger partial charge on any atom is -0.358 e. The molecule has 0 radical (unpaired) electrons. The predicted octanol–water partition coefficient (Wildman–Crippen LogP) is 3.00. The van der Waals surface area contributed by atoms with Crippen molar-refractivity contribution in [2.24, 2.45) is 5.92 Å². The van der Waals surface area contributed by atoms with Crippen LogP contribution in [0, 0.1) is 12.8 Å². The molecule has 13 heteroatoms. The normalized spacial score (nSPS) is 16.4. The van der Waals surface area contributed by atoms with E-state index < -0.39 is 9.84 Å². The summed E-state index contributed by atoms with van der Waals surface area (Å²) in [5.41, 5.74) is 3.26. The second kappa shape index (κ2) is 9.70. The van der Waals surface area contributed by atoms with Gasteiger partial charge in [-0.3, -0.25) is 9.36 Å². The number of nitrogens with zero attached hydrogens (tertiary/aromatic N) is 8. The van der Waals surface area contributed by atoms with Crippen molar-refractivity contribution in [3.8, 4) is 11.4 Å². The van der Waals surface area contributed by atoms with E-state index in [2.05, 4.69) is 35.2 Å². The molecule has 0 amide bonds. The molecular formula is C26H29N9O3S. The topological polar surface area (TPSA) is 158 Å². The molecule has 0 aromatic carbocycles. The highest BCUT2D eigenvalue weighted by atomic mass is 32.2. The van der Waals surface area contributed by atoms with Crippen LogP contribution in [-0.4, -0.2) is 53.6 Å². The zero-order chi connectivity index (χ0) is 27.3. The smallest absolute Gasteiger partial charge is 0.295 e. The van der Waals surface area contributed by atoms with Crippen molar-refractivity contribution >= 4 is 26.8 Å². The van der Waals surface area contributed by atoms with Gasteiger partial charge in [-0.05, 0) is 45.4 Å². The molecular weight excluding hydrogens is 518 g/mol. The average Bonchev–Trinajstić information content (AvgIpc) is 3.85. The number of hydrogen-bond donors (Lipinski definition) is 1. The summed E-state index contributed by atoms with van der Waals surface area (Å²) >= 11 is 0. The van der Waals surface area contributed by atoms with Crippen LogP contribution in [0.25, 0.3) is 22.6 Å². The third-order valence-corrected chi connectivity index (χ3v) is 9.12. The lowest BCUT2D eigenvalue weighted by Crippen LogP contribution is -2.29. The van der Waals surface area contributed by atoms with Crippen LogP contribution in [0.5, 0.6) is 0 Å². The second-order valence-corrected chi connectivity index (χ2v) is 12.5. The van der Waals surface area contributed by atoms with Crippen molar-refractivity contribution < 1.29 is 8.42 Å². The van der Waals surface area contributed by atoms with Crippen LogP contribution in [-0.2, 0) is 16.4 Å². The van der Waals surface area contributed by atoms with Gasteiger partial charge in [0.1, 0.15) is 22.6 Å². The first-order valence-corrected chi connectivity index (χ1v) is 14.8. The quantitative estimate of drug-likeness (QED) is 0.328. The Labute approximate surface area is 225 Å². The third kappa shape index (κ3) is 4.86. The molecule has 1 unspecified atom stereocenters. The van der Waals surface area contributed by atoms with Gasteiger partial charge < -0.3 is 5.32 Å². The van der Waals surface area contributed by atoms with Gasteiger partial charge in [0.2, 0.25) is 0 Å². The fourth-order valence-corrected chi connectivity index (χ4v) is 5.52. The zero-order valence-electron chi connectivity index (χ0n) is 22.0. The Morgan fingerprint density at radius 3 is 2.44 bits per heavy atom. The first-order valence-electron chi connectivity index (χ1n) is 13.2. The highest BCUT2D eigenvalue weighted by molar-refractivity contribution is 7.91. The summed E-state index contributed by atoms with van der Waals surface area (Å²) in [6.07, 6.45) is 10.1. The fraction of sp³-hybridized carbons (Fsp3) is 0.462. The monoisotopic (exact) mass is 547 g/mol. The van der Waals surface area contributed by atoms with E-state index >= 15 is 0 Å². The summed E-state index contributed by atoms with van der Waals surface area (Å²) < 4.78 is 25.8. The Hall–Kier alpha value is -3.87. The standard InChI is InChI=1S/C26H29N9O3S/c1-4-39(37,38)18-9-27-20(28-10-18)12-30-24-26(36)35(15(3)16-5-6-16)25-19(33-24)11-29-23(34-25)21-14(2)31-13-32-22(21)17-7-8-17/h9-11,13,15-17H,4-8,12H2,1-3H3,(H,30,33). The number of aryl methyl sites for hydroxylation is 1. The number of sulfone groups is 1. The van der Waals surface area contributed by atoms with Crippen LogP contribution in [0.15, 0.2) is 34.6 Å². The van der Waals surface area contributed by atoms with E-state index in [1.165, 1.54) is 12.4 Å². The predicted molar refractivity (Wildman–Crippen MR) is 144 cm³/mol. The summed E-state index contributed by atoms with van der Waals surface area (Å²) in [6, 6.07) is -0.0721. The van der Waals surface area contributed by atoms with E-state index in [1.54, 1.807) is 24.0 Å². The Morgan fingerprint density at radius 1 is 1.03 bits per heavy atom. The number of aromatic nitrogens is 8. The minimum atomic E-state index is -3.39. The molecule has 1 atom stereocenters. The summed E-state index contributed by atoms with van der Waals surface area (Å²) in [6.45, 7) is 5.63. The number of nitrogens with one attached hydrogen (secondary N) is 1. The van der Waals surface area contributed by atoms with Crippen molar-refractivity contribution in [1.29, 1.82) is 0 Å². The van der Waals surface area contributed by atoms with E-state index in [1.807, 2.05) is 13.8 Å². The molecule has 4 heterocycles. The van der Waals surface area contributed by atoms with Crippen molar-refractivity contribution in [3.05, 3.63) is 52.5 Å². The first-order chi connectivity index (χ1) is 18.8. The fourth-order valence-electron chi connectivity index (χ4n) is 4.76. The highest BCUT2D eigenvalue weighted by Gasteiger charge is 2.33. The van der Waals surface area contributed by atoms with E-state index in [9.17, 15) is 13.2 Å². The maximum absolute atomic E-state index is 13.7. The number of anilines is 1. The molecule has 2 aliphatic rings. The van der Waals surface area contributed by atoms with Crippen molar-refractivity contribution in [2.75, 3.05) is 11.1 Å². The summed E-state index contributed by atoms with van der Waals surface area (Å²) in [7, 11) is -3.39. The summed E-state index contributed by atoms with van der Waals surface area (Å²) in [4.78, 5) is 45.1. The molecule has 4 aromatic rings. The molecule has 2 aliphatic carbocycles. The molecule has 4 aromatic heterocycles. The first kappa shape index (κ1) is 25.4. The van der Waals surface area contributed by atoms with Crippen molar-refractivity contribution in [2.45, 2.75) is 69.9 Å². The van der Waals surface area contributed by atoms with Gasteiger partial charge in [-0.2, -0.15) is 0 Å². The van der Waals surface area contributed by atoms with Crippen LogP contribution >= 0.6 is 0 Å². The Balaban J connectivity index is 1.38. The molecule has 2 fully saturated rings. The van der Waals surface area contributed by atoms with Gasteiger partial charge >= 0.3 is 0 Å². The summed E-state index contributed by atoms with van der Waals surface area (Å²) in [5, 5.41) is 3.04. The van der Waals surface area contributed by atoms with Crippen molar-refractivity contribution in [1.82, 2.24) is 39.5 Å². The van der Waals surface area contributed by atoms with Gasteiger partial charge in [0.15, 0.2) is 27.1 Å². The zero-order valence-corrected chi connectivity index (χ0v) is 22.8. The maximum Gasteiger partial charge on any atom is 0.295 e. The molecule has 0 spiro atoms. The number of rotatable bonds is 9. The molecule has 39 heavy (non-hydrogen) atoms. The molecule has 0 saturated heterocycles. The Kier molecular flexibility index (Phi) is 6.32. The van der Waals surface area contributed by atoms with Gasteiger partial charge in [-0.15, -0.1) is 0 Å². The van der Waals surface area contributed by atoms with Crippen LogP contribution in [0.4, 0.5) is 5.82 Å². The molecule has 202 valence electrons. The molecule has 0 bridgehead atoms. The van der Waals surface area contributed by atoms with Gasteiger partial charge in [-0.25, -0.2) is 43.3 Å². The maximum atomic E-state index is 13.7. The summed E-state index contributed by atoms with van der Waals surface area (Å²) in [5.74, 6) is 1.72. The Bertz CT molecular complexity index is 1730. The molecule has 6 rings (SSSR count). The van der Waals surface area contributed by atoms with Gasteiger partial charge in [0.05, 0.1) is 35.4 Å². The van der Waals surface area contributed by atoms with E-state index in [0.29, 0.717) is 34.6 Å². The minimum absolute atomic E-state index is 0.0315. The number of fused-ring (bicyclic) bond motifs is 1. The largest absolute Gasteiger partial charge is 0.358 e. The van der Waals surface area contributed by atoms with Crippen molar-refractivity contribution in [3.63, 3.8) is 0 Å². The second-order valence-electron chi connectivity index (χ2n) is 10.2. The lowest BCUT2D eigenvalue weighted by molar-refractivity contribution is 0.482. The SMILES string of the molecule is CCS(=O)(=O)c1cnc(CNc2nc3cnc(-c4c(C)ncnc4C4CC4)nc3n(C(C)C3CC3)c2=O)nc1. The third-order valence-electron chi connectivity index (χ3n) is 7.43. The molecule has 0 aliphatic heterocycles. The van der Waals surface area contributed by atoms with E-state index in [0.717, 1.165) is 42.6 Å². The molecule has 1 N–H and O–H groups in total. The van der Waals surface area contributed by atoms with E-state index in [-0.39, 0.29) is 34.6 Å². The van der Waals surface area contributed by atoms with E-state index in [4.69, 9.17) is 4.98 Å². The highest BCUT2D eigenvalue weighted by Crippen LogP contribution is 2.43. The van der Waals surface area contributed by atoms with Crippen LogP contribution in [0.3, 0.4) is 0 Å². The molecule has 2 saturated carbocycles. The number of hydrogen-bond acceptors (Lipinski definition) is 11.